The Morgan fingerprint density at radius 1 is 1.21 bits per heavy atom. The van der Waals surface area contributed by atoms with Gasteiger partial charge in [0, 0.05) is 11.9 Å². The highest BCUT2D eigenvalue weighted by molar-refractivity contribution is 5.10. The Hall–Kier alpha value is -0.720. The van der Waals surface area contributed by atoms with Crippen LogP contribution in [0.3, 0.4) is 0 Å². The molecule has 0 amide bonds. The molecule has 1 aliphatic rings. The first-order valence-electron chi connectivity index (χ1n) is 5.90. The van der Waals surface area contributed by atoms with Crippen LogP contribution in [-0.2, 0) is 0 Å². The minimum absolute atomic E-state index is 0.806. The zero-order valence-corrected chi connectivity index (χ0v) is 9.29. The van der Waals surface area contributed by atoms with Gasteiger partial charge in [0.15, 0.2) is 0 Å². The monoisotopic (exact) mass is 191 g/mol. The molecule has 1 nitrogen and oxygen atoms in total. The first kappa shape index (κ1) is 9.82. The molecule has 0 aliphatic heterocycles. The number of rotatable bonds is 2. The molecule has 1 aliphatic carbocycles. The topological polar surface area (TPSA) is 15.8 Å². The van der Waals surface area contributed by atoms with Crippen molar-refractivity contribution in [1.29, 1.82) is 0 Å². The normalized spacial score (nSPS) is 28.2. The minimum Gasteiger partial charge on any atom is -0.365 e. The van der Waals surface area contributed by atoms with Crippen molar-refractivity contribution in [3.63, 3.8) is 0 Å². The van der Waals surface area contributed by atoms with E-state index >= 15 is 0 Å². The predicted molar refractivity (Wildman–Crippen MR) is 60.3 cm³/mol. The third-order valence-corrected chi connectivity index (χ3v) is 3.78. The van der Waals surface area contributed by atoms with Gasteiger partial charge in [0.25, 0.3) is 0 Å². The van der Waals surface area contributed by atoms with Crippen LogP contribution < -0.4 is 0 Å². The molecule has 0 spiro atoms. The van der Waals surface area contributed by atoms with Crippen LogP contribution in [0.4, 0.5) is 0 Å². The number of nitrogens with one attached hydrogen (secondary N) is 1. The molecule has 2 rings (SSSR count). The van der Waals surface area contributed by atoms with Gasteiger partial charge in [0.2, 0.25) is 0 Å². The summed E-state index contributed by atoms with van der Waals surface area (Å²) in [4.78, 5) is 3.35. The highest BCUT2D eigenvalue weighted by atomic mass is 14.7. The number of aromatic nitrogens is 1. The molecule has 1 N–H and O–H groups in total. The molecule has 0 unspecified atom stereocenters. The van der Waals surface area contributed by atoms with Crippen LogP contribution in [0.15, 0.2) is 18.3 Å². The van der Waals surface area contributed by atoms with E-state index in [0.29, 0.717) is 0 Å². The summed E-state index contributed by atoms with van der Waals surface area (Å²) in [6.07, 6.45) is 7.64. The zero-order chi connectivity index (χ0) is 9.97. The molecule has 1 aromatic heterocycles. The second-order valence-corrected chi connectivity index (χ2v) is 4.98. The van der Waals surface area contributed by atoms with E-state index in [1.807, 2.05) is 6.20 Å². The summed E-state index contributed by atoms with van der Waals surface area (Å²) < 4.78 is 0. The third kappa shape index (κ3) is 2.02. The van der Waals surface area contributed by atoms with Gasteiger partial charge in [0.05, 0.1) is 0 Å². The lowest BCUT2D eigenvalue weighted by molar-refractivity contribution is 0.257. The van der Waals surface area contributed by atoms with Gasteiger partial charge in [-0.1, -0.05) is 13.8 Å². The van der Waals surface area contributed by atoms with Gasteiger partial charge in [-0.25, -0.2) is 0 Å². The minimum atomic E-state index is 0.806. The van der Waals surface area contributed by atoms with Gasteiger partial charge in [-0.3, -0.25) is 0 Å². The maximum Gasteiger partial charge on any atom is 0.0178 e. The molecule has 1 heterocycles. The van der Waals surface area contributed by atoms with Gasteiger partial charge >= 0.3 is 0 Å². The lowest BCUT2D eigenvalue weighted by atomic mass is 9.76. The molecule has 14 heavy (non-hydrogen) atoms. The van der Waals surface area contributed by atoms with Gasteiger partial charge in [-0.05, 0) is 55.6 Å². The SMILES string of the molecule is CC(C)C1CCC(c2ccc[nH]2)CC1. The molecule has 1 heteroatoms. The Morgan fingerprint density at radius 2 is 1.93 bits per heavy atom. The molecular formula is C13H21N. The lowest BCUT2D eigenvalue weighted by Gasteiger charge is -2.30. The van der Waals surface area contributed by atoms with E-state index in [0.717, 1.165) is 17.8 Å². The molecule has 1 fully saturated rings. The Kier molecular flexibility index (Phi) is 2.95. The highest BCUT2D eigenvalue weighted by Gasteiger charge is 2.24. The van der Waals surface area contributed by atoms with Crippen molar-refractivity contribution < 1.29 is 0 Å². The molecule has 0 aromatic carbocycles. The van der Waals surface area contributed by atoms with Crippen LogP contribution in [0, 0.1) is 11.8 Å². The van der Waals surface area contributed by atoms with E-state index in [1.165, 1.54) is 31.4 Å². The second-order valence-electron chi connectivity index (χ2n) is 4.98. The number of hydrogen-bond donors (Lipinski definition) is 1. The van der Waals surface area contributed by atoms with E-state index in [9.17, 15) is 0 Å². The van der Waals surface area contributed by atoms with E-state index in [4.69, 9.17) is 0 Å². The lowest BCUT2D eigenvalue weighted by Crippen LogP contribution is -2.17. The number of aromatic amines is 1. The summed E-state index contributed by atoms with van der Waals surface area (Å²) in [5.41, 5.74) is 1.45. The Morgan fingerprint density at radius 3 is 2.43 bits per heavy atom. The fraction of sp³-hybridized carbons (Fsp3) is 0.692. The highest BCUT2D eigenvalue weighted by Crippen LogP contribution is 2.37. The van der Waals surface area contributed by atoms with Crippen molar-refractivity contribution in [3.8, 4) is 0 Å². The summed E-state index contributed by atoms with van der Waals surface area (Å²) >= 11 is 0. The molecule has 78 valence electrons. The van der Waals surface area contributed by atoms with Gasteiger partial charge in [-0.2, -0.15) is 0 Å². The molecular weight excluding hydrogens is 170 g/mol. The molecule has 0 radical (unpaired) electrons. The zero-order valence-electron chi connectivity index (χ0n) is 9.29. The smallest absolute Gasteiger partial charge is 0.0178 e. The summed E-state index contributed by atoms with van der Waals surface area (Å²) in [5, 5.41) is 0. The third-order valence-electron chi connectivity index (χ3n) is 3.78. The van der Waals surface area contributed by atoms with Crippen LogP contribution in [0.1, 0.15) is 51.1 Å². The molecule has 0 atom stereocenters. The van der Waals surface area contributed by atoms with Gasteiger partial charge in [-0.15, -0.1) is 0 Å². The standard InChI is InChI=1S/C13H21N/c1-10(2)11-5-7-12(8-6-11)13-4-3-9-14-13/h3-4,9-12,14H,5-8H2,1-2H3. The number of hydrogen-bond acceptors (Lipinski definition) is 0. The fourth-order valence-corrected chi connectivity index (χ4v) is 2.70. The van der Waals surface area contributed by atoms with E-state index < -0.39 is 0 Å². The molecule has 1 saturated carbocycles. The molecule has 1 aromatic rings. The van der Waals surface area contributed by atoms with Crippen LogP contribution in [-0.4, -0.2) is 4.98 Å². The fourth-order valence-electron chi connectivity index (χ4n) is 2.70. The first-order chi connectivity index (χ1) is 6.77. The van der Waals surface area contributed by atoms with Crippen molar-refractivity contribution in [3.05, 3.63) is 24.0 Å². The average Bonchev–Trinajstić information content (AvgIpc) is 2.71. The van der Waals surface area contributed by atoms with Crippen LogP contribution in [0.2, 0.25) is 0 Å². The quantitative estimate of drug-likeness (QED) is 0.728. The maximum atomic E-state index is 3.35. The van der Waals surface area contributed by atoms with E-state index in [-0.39, 0.29) is 0 Å². The second kappa shape index (κ2) is 4.20. The Balaban J connectivity index is 1.90. The van der Waals surface area contributed by atoms with Crippen molar-refractivity contribution in [1.82, 2.24) is 4.98 Å². The van der Waals surface area contributed by atoms with E-state index in [2.05, 4.69) is 31.0 Å². The van der Waals surface area contributed by atoms with Crippen molar-refractivity contribution in [2.24, 2.45) is 11.8 Å². The molecule has 0 bridgehead atoms. The van der Waals surface area contributed by atoms with Crippen LogP contribution in [0.5, 0.6) is 0 Å². The first-order valence-corrected chi connectivity index (χ1v) is 5.90. The summed E-state index contributed by atoms with van der Waals surface area (Å²) in [6.45, 7) is 4.72. The van der Waals surface area contributed by atoms with Crippen molar-refractivity contribution >= 4 is 0 Å². The van der Waals surface area contributed by atoms with Gasteiger partial charge in [0.1, 0.15) is 0 Å². The summed E-state index contributed by atoms with van der Waals surface area (Å²) in [7, 11) is 0. The van der Waals surface area contributed by atoms with Crippen molar-refractivity contribution in [2.45, 2.75) is 45.4 Å². The number of H-pyrrole nitrogens is 1. The Labute approximate surface area is 86.9 Å². The average molecular weight is 191 g/mol. The predicted octanol–water partition coefficient (Wildman–Crippen LogP) is 3.94. The Bertz CT molecular complexity index is 253. The largest absolute Gasteiger partial charge is 0.365 e. The molecule has 0 saturated heterocycles. The summed E-state index contributed by atoms with van der Waals surface area (Å²) in [6, 6.07) is 4.35. The van der Waals surface area contributed by atoms with E-state index in [1.54, 1.807) is 0 Å². The summed E-state index contributed by atoms with van der Waals surface area (Å²) in [5.74, 6) is 2.65. The maximum absolute atomic E-state index is 3.35. The van der Waals surface area contributed by atoms with Gasteiger partial charge < -0.3 is 4.98 Å². The van der Waals surface area contributed by atoms with Crippen LogP contribution >= 0.6 is 0 Å². The van der Waals surface area contributed by atoms with Crippen LogP contribution in [0.25, 0.3) is 0 Å². The van der Waals surface area contributed by atoms with Crippen molar-refractivity contribution in [2.75, 3.05) is 0 Å².